The van der Waals surface area contributed by atoms with Gasteiger partial charge in [-0.3, -0.25) is 0 Å². The Labute approximate surface area is 95.3 Å². The SMILES string of the molecule is C[C@@H]([C@H](O)C1C(C)(C)C1(C)C)C(C)(C)C. The standard InChI is InChI=1S/C14H28O/c1-9(12(2,3)4)10(15)11-13(5,6)14(11,7)8/h9-11,15H,1-8H3/t9-,10-/m0/s1. The van der Waals surface area contributed by atoms with Gasteiger partial charge in [0.25, 0.3) is 0 Å². The lowest BCUT2D eigenvalue weighted by atomic mass is 9.76. The Kier molecular flexibility index (Phi) is 2.80. The fraction of sp³-hybridized carbons (Fsp3) is 1.00. The van der Waals surface area contributed by atoms with Crippen molar-refractivity contribution >= 4 is 0 Å². The van der Waals surface area contributed by atoms with Crippen LogP contribution in [0, 0.1) is 28.1 Å². The topological polar surface area (TPSA) is 20.2 Å². The Hall–Kier alpha value is -0.0400. The molecule has 0 saturated heterocycles. The summed E-state index contributed by atoms with van der Waals surface area (Å²) in [5.41, 5.74) is 0.756. The molecule has 0 aliphatic heterocycles. The lowest BCUT2D eigenvalue weighted by Gasteiger charge is -2.32. The van der Waals surface area contributed by atoms with Gasteiger partial charge in [-0.05, 0) is 28.1 Å². The fourth-order valence-electron chi connectivity index (χ4n) is 2.90. The Morgan fingerprint density at radius 1 is 1.00 bits per heavy atom. The monoisotopic (exact) mass is 212 g/mol. The van der Waals surface area contributed by atoms with E-state index in [-0.39, 0.29) is 22.3 Å². The zero-order chi connectivity index (χ0) is 12.2. The van der Waals surface area contributed by atoms with Crippen LogP contribution in [0.4, 0.5) is 0 Å². The first kappa shape index (κ1) is 13.0. The molecule has 1 heteroatoms. The minimum absolute atomic E-state index is 0.171. The molecule has 15 heavy (non-hydrogen) atoms. The molecule has 0 aromatic heterocycles. The highest BCUT2D eigenvalue weighted by Crippen LogP contribution is 2.70. The summed E-state index contributed by atoms with van der Waals surface area (Å²) in [6.45, 7) is 17.9. The Bertz CT molecular complexity index is 231. The van der Waals surface area contributed by atoms with Gasteiger partial charge in [0.2, 0.25) is 0 Å². The molecule has 0 amide bonds. The van der Waals surface area contributed by atoms with E-state index in [2.05, 4.69) is 55.4 Å². The van der Waals surface area contributed by atoms with Gasteiger partial charge < -0.3 is 5.11 Å². The van der Waals surface area contributed by atoms with Crippen LogP contribution in [0.1, 0.15) is 55.4 Å². The fourth-order valence-corrected chi connectivity index (χ4v) is 2.90. The number of aliphatic hydroxyl groups excluding tert-OH is 1. The van der Waals surface area contributed by atoms with E-state index in [9.17, 15) is 5.11 Å². The minimum Gasteiger partial charge on any atom is -0.392 e. The Morgan fingerprint density at radius 3 is 1.53 bits per heavy atom. The maximum absolute atomic E-state index is 10.5. The van der Waals surface area contributed by atoms with Crippen molar-refractivity contribution in [2.24, 2.45) is 28.1 Å². The normalized spacial score (nSPS) is 28.6. The molecule has 1 N–H and O–H groups in total. The lowest BCUT2D eigenvalue weighted by molar-refractivity contribution is 0.0240. The van der Waals surface area contributed by atoms with Crippen molar-refractivity contribution in [3.8, 4) is 0 Å². The number of rotatable bonds is 2. The van der Waals surface area contributed by atoms with Gasteiger partial charge in [-0.2, -0.15) is 0 Å². The van der Waals surface area contributed by atoms with Crippen molar-refractivity contribution in [2.45, 2.75) is 61.5 Å². The quantitative estimate of drug-likeness (QED) is 0.740. The molecule has 2 atom stereocenters. The zero-order valence-corrected chi connectivity index (χ0v) is 11.7. The van der Waals surface area contributed by atoms with Crippen molar-refractivity contribution in [1.82, 2.24) is 0 Å². The predicted molar refractivity (Wildman–Crippen MR) is 65.7 cm³/mol. The predicted octanol–water partition coefficient (Wildman–Crippen LogP) is 3.71. The Balaban J connectivity index is 2.78. The van der Waals surface area contributed by atoms with Crippen molar-refractivity contribution < 1.29 is 5.11 Å². The van der Waals surface area contributed by atoms with E-state index in [1.807, 2.05) is 0 Å². The molecule has 0 aromatic carbocycles. The molecular formula is C14H28O. The molecule has 1 aliphatic carbocycles. The first-order chi connectivity index (χ1) is 6.44. The van der Waals surface area contributed by atoms with Crippen LogP contribution < -0.4 is 0 Å². The molecule has 1 saturated carbocycles. The van der Waals surface area contributed by atoms with Gasteiger partial charge in [0.1, 0.15) is 0 Å². The highest BCUT2D eigenvalue weighted by molar-refractivity contribution is 5.15. The van der Waals surface area contributed by atoms with E-state index >= 15 is 0 Å². The van der Waals surface area contributed by atoms with Gasteiger partial charge in [-0.15, -0.1) is 0 Å². The van der Waals surface area contributed by atoms with Crippen LogP contribution in [0.3, 0.4) is 0 Å². The molecule has 1 aliphatic rings. The molecule has 1 fully saturated rings. The third kappa shape index (κ3) is 1.84. The van der Waals surface area contributed by atoms with Crippen LogP contribution in [0.5, 0.6) is 0 Å². The smallest absolute Gasteiger partial charge is 0.0609 e. The molecule has 1 nitrogen and oxygen atoms in total. The van der Waals surface area contributed by atoms with Crippen LogP contribution in [-0.2, 0) is 0 Å². The van der Waals surface area contributed by atoms with Gasteiger partial charge in [-0.1, -0.05) is 55.4 Å². The molecule has 0 unspecified atom stereocenters. The zero-order valence-electron chi connectivity index (χ0n) is 11.7. The van der Waals surface area contributed by atoms with E-state index < -0.39 is 0 Å². The molecule has 1 rings (SSSR count). The van der Waals surface area contributed by atoms with Crippen LogP contribution >= 0.6 is 0 Å². The maximum Gasteiger partial charge on any atom is 0.0609 e. The Morgan fingerprint density at radius 2 is 1.33 bits per heavy atom. The maximum atomic E-state index is 10.5. The summed E-state index contributed by atoms with van der Waals surface area (Å²) in [5.74, 6) is 0.794. The third-order valence-electron chi connectivity index (χ3n) is 5.35. The minimum atomic E-state index is -0.171. The average molecular weight is 212 g/mol. The lowest BCUT2D eigenvalue weighted by Crippen LogP contribution is -2.33. The number of aliphatic hydroxyl groups is 1. The second kappa shape index (κ2) is 3.23. The van der Waals surface area contributed by atoms with E-state index in [1.54, 1.807) is 0 Å². The first-order valence-corrected chi connectivity index (χ1v) is 6.12. The van der Waals surface area contributed by atoms with E-state index in [0.717, 1.165) is 0 Å². The molecule has 0 spiro atoms. The molecule has 0 radical (unpaired) electrons. The van der Waals surface area contributed by atoms with Gasteiger partial charge in [0.15, 0.2) is 0 Å². The molecule has 0 bridgehead atoms. The summed E-state index contributed by atoms with van der Waals surface area (Å²) in [6.07, 6.45) is -0.171. The van der Waals surface area contributed by atoms with Gasteiger partial charge in [0, 0.05) is 0 Å². The third-order valence-corrected chi connectivity index (χ3v) is 5.35. The largest absolute Gasteiger partial charge is 0.392 e. The van der Waals surface area contributed by atoms with Crippen LogP contribution in [0.15, 0.2) is 0 Å². The summed E-state index contributed by atoms with van der Waals surface area (Å²) in [4.78, 5) is 0. The first-order valence-electron chi connectivity index (χ1n) is 6.12. The van der Waals surface area contributed by atoms with Crippen LogP contribution in [0.2, 0.25) is 0 Å². The summed E-state index contributed by atoms with van der Waals surface area (Å²) in [5, 5.41) is 10.5. The van der Waals surface area contributed by atoms with Crippen molar-refractivity contribution in [2.75, 3.05) is 0 Å². The number of hydrogen-bond donors (Lipinski definition) is 1. The van der Waals surface area contributed by atoms with Gasteiger partial charge in [-0.25, -0.2) is 0 Å². The summed E-state index contributed by atoms with van der Waals surface area (Å²) in [6, 6.07) is 0. The second-order valence-electron chi connectivity index (χ2n) is 7.57. The summed E-state index contributed by atoms with van der Waals surface area (Å²) < 4.78 is 0. The van der Waals surface area contributed by atoms with Crippen molar-refractivity contribution in [3.05, 3.63) is 0 Å². The van der Waals surface area contributed by atoms with E-state index in [0.29, 0.717) is 11.8 Å². The van der Waals surface area contributed by atoms with Crippen molar-refractivity contribution in [3.63, 3.8) is 0 Å². The summed E-state index contributed by atoms with van der Waals surface area (Å²) in [7, 11) is 0. The van der Waals surface area contributed by atoms with Gasteiger partial charge >= 0.3 is 0 Å². The van der Waals surface area contributed by atoms with E-state index in [1.165, 1.54) is 0 Å². The second-order valence-corrected chi connectivity index (χ2v) is 7.57. The average Bonchev–Trinajstić information content (AvgIpc) is 2.39. The van der Waals surface area contributed by atoms with Gasteiger partial charge in [0.05, 0.1) is 6.10 Å². The highest BCUT2D eigenvalue weighted by Gasteiger charge is 2.68. The van der Waals surface area contributed by atoms with Crippen LogP contribution in [-0.4, -0.2) is 11.2 Å². The van der Waals surface area contributed by atoms with E-state index in [4.69, 9.17) is 0 Å². The highest BCUT2D eigenvalue weighted by atomic mass is 16.3. The number of hydrogen-bond acceptors (Lipinski definition) is 1. The van der Waals surface area contributed by atoms with Crippen LogP contribution in [0.25, 0.3) is 0 Å². The summed E-state index contributed by atoms with van der Waals surface area (Å²) >= 11 is 0. The molecule has 0 heterocycles. The molecular weight excluding hydrogens is 184 g/mol. The van der Waals surface area contributed by atoms with Crippen molar-refractivity contribution in [1.29, 1.82) is 0 Å². The molecule has 90 valence electrons. The molecule has 0 aromatic rings.